The lowest BCUT2D eigenvalue weighted by atomic mass is 10.2. The second-order valence-electron chi connectivity index (χ2n) is 6.56. The van der Waals surface area contributed by atoms with E-state index in [2.05, 4.69) is 15.2 Å². The summed E-state index contributed by atoms with van der Waals surface area (Å²) >= 11 is 11.5. The molecule has 9 heteroatoms. The Hall–Kier alpha value is -1.90. The normalized spacial score (nSPS) is 15.9. The Labute approximate surface area is 172 Å². The van der Waals surface area contributed by atoms with Gasteiger partial charge in [-0.3, -0.25) is 9.88 Å². The number of anilines is 1. The number of nitrogens with zero attached hydrogens (tertiary/aromatic N) is 3. The molecule has 1 aliphatic heterocycles. The molecule has 0 aliphatic carbocycles. The average Bonchev–Trinajstić information content (AvgIpc) is 2.89. The molecule has 2 aromatic rings. The Bertz CT molecular complexity index is 817. The van der Waals surface area contributed by atoms with Crippen LogP contribution >= 0.6 is 23.8 Å². The molecule has 0 amide bonds. The van der Waals surface area contributed by atoms with E-state index in [0.717, 1.165) is 50.4 Å². The third-order valence-corrected chi connectivity index (χ3v) is 5.21. The molecule has 0 unspecified atom stereocenters. The van der Waals surface area contributed by atoms with Gasteiger partial charge in [-0.05, 0) is 49.0 Å². The number of rotatable bonds is 3. The van der Waals surface area contributed by atoms with Gasteiger partial charge in [0.2, 0.25) is 0 Å². The zero-order valence-corrected chi connectivity index (χ0v) is 16.6. The smallest absolute Gasteiger partial charge is 0.348 e. The topological polar surface area (TPSA) is 31.4 Å². The van der Waals surface area contributed by atoms with Gasteiger partial charge in [0, 0.05) is 38.9 Å². The lowest BCUT2D eigenvalue weighted by molar-refractivity contribution is -0.137. The molecule has 1 aromatic carbocycles. The van der Waals surface area contributed by atoms with Crippen molar-refractivity contribution in [1.29, 1.82) is 0 Å². The highest BCUT2D eigenvalue weighted by molar-refractivity contribution is 7.80. The molecule has 150 valence electrons. The van der Waals surface area contributed by atoms with Crippen molar-refractivity contribution in [3.8, 4) is 0 Å². The second-order valence-corrected chi connectivity index (χ2v) is 7.35. The second kappa shape index (κ2) is 9.07. The summed E-state index contributed by atoms with van der Waals surface area (Å²) in [4.78, 5) is 8.61. The first-order valence-electron chi connectivity index (χ1n) is 8.88. The van der Waals surface area contributed by atoms with Crippen LogP contribution < -0.4 is 5.32 Å². The van der Waals surface area contributed by atoms with Crippen molar-refractivity contribution in [2.75, 3.05) is 31.5 Å². The number of nitrogens with one attached hydrogen (secondary N) is 1. The number of hydrogen-bond donors (Lipinski definition) is 1. The van der Waals surface area contributed by atoms with Crippen LogP contribution in [0.3, 0.4) is 0 Å². The van der Waals surface area contributed by atoms with Crippen LogP contribution in [0.15, 0.2) is 42.6 Å². The molecule has 2 heterocycles. The molecule has 1 saturated heterocycles. The molecular formula is C19H20ClF3N4S. The predicted octanol–water partition coefficient (Wildman–Crippen LogP) is 4.66. The Morgan fingerprint density at radius 1 is 1.14 bits per heavy atom. The van der Waals surface area contributed by atoms with Gasteiger partial charge in [0.1, 0.15) is 0 Å². The van der Waals surface area contributed by atoms with Gasteiger partial charge in [0.05, 0.1) is 22.0 Å². The van der Waals surface area contributed by atoms with Crippen molar-refractivity contribution in [3.63, 3.8) is 0 Å². The van der Waals surface area contributed by atoms with Gasteiger partial charge in [-0.15, -0.1) is 0 Å². The van der Waals surface area contributed by atoms with Crippen LogP contribution in [0, 0.1) is 0 Å². The summed E-state index contributed by atoms with van der Waals surface area (Å²) in [6.45, 7) is 3.85. The maximum Gasteiger partial charge on any atom is 0.416 e. The first-order chi connectivity index (χ1) is 13.3. The molecule has 3 rings (SSSR count). The van der Waals surface area contributed by atoms with Crippen molar-refractivity contribution in [3.05, 3.63) is 58.9 Å². The third-order valence-electron chi connectivity index (χ3n) is 4.52. The van der Waals surface area contributed by atoms with Gasteiger partial charge in [0.15, 0.2) is 5.11 Å². The fraction of sp³-hybridized carbons (Fsp3) is 0.368. The highest BCUT2D eigenvalue weighted by Crippen LogP contribution is 2.34. The number of hydrogen-bond acceptors (Lipinski definition) is 3. The van der Waals surface area contributed by atoms with Crippen LogP contribution in [-0.2, 0) is 12.7 Å². The van der Waals surface area contributed by atoms with Gasteiger partial charge in [-0.1, -0.05) is 17.7 Å². The maximum atomic E-state index is 12.9. The molecule has 0 atom stereocenters. The molecule has 1 aliphatic rings. The van der Waals surface area contributed by atoms with Crippen molar-refractivity contribution in [2.45, 2.75) is 19.1 Å². The van der Waals surface area contributed by atoms with E-state index in [0.29, 0.717) is 11.7 Å². The quantitative estimate of drug-likeness (QED) is 0.719. The van der Waals surface area contributed by atoms with Crippen LogP contribution in [-0.4, -0.2) is 46.1 Å². The summed E-state index contributed by atoms with van der Waals surface area (Å²) in [6.07, 6.45) is -1.76. The Morgan fingerprint density at radius 3 is 2.68 bits per heavy atom. The number of pyridine rings is 1. The average molecular weight is 429 g/mol. The number of benzene rings is 1. The summed E-state index contributed by atoms with van der Waals surface area (Å²) in [5, 5.41) is 3.45. The van der Waals surface area contributed by atoms with E-state index in [1.165, 1.54) is 6.07 Å². The fourth-order valence-corrected chi connectivity index (χ4v) is 3.50. The fourth-order valence-electron chi connectivity index (χ4n) is 3.04. The molecule has 0 spiro atoms. The highest BCUT2D eigenvalue weighted by atomic mass is 35.5. The van der Waals surface area contributed by atoms with Crippen molar-refractivity contribution in [1.82, 2.24) is 14.8 Å². The van der Waals surface area contributed by atoms with Gasteiger partial charge >= 0.3 is 6.18 Å². The SMILES string of the molecule is FC(F)(F)c1ccc(Cl)c(NC(=S)N2CCCN(Cc3ccccn3)CC2)c1. The molecule has 1 N–H and O–H groups in total. The molecule has 4 nitrogen and oxygen atoms in total. The highest BCUT2D eigenvalue weighted by Gasteiger charge is 2.31. The maximum absolute atomic E-state index is 12.9. The van der Waals surface area contributed by atoms with Crippen molar-refractivity contribution in [2.24, 2.45) is 0 Å². The Kier molecular flexibility index (Phi) is 6.74. The van der Waals surface area contributed by atoms with Crippen molar-refractivity contribution >= 4 is 34.6 Å². The first kappa shape index (κ1) is 20.8. The summed E-state index contributed by atoms with van der Waals surface area (Å²) < 4.78 is 38.8. The van der Waals surface area contributed by atoms with Crippen LogP contribution in [0.5, 0.6) is 0 Å². The van der Waals surface area contributed by atoms with E-state index in [1.807, 2.05) is 23.1 Å². The predicted molar refractivity (Wildman–Crippen MR) is 108 cm³/mol. The lowest BCUT2D eigenvalue weighted by Gasteiger charge is -2.25. The van der Waals surface area contributed by atoms with Crippen LogP contribution in [0.25, 0.3) is 0 Å². The van der Waals surface area contributed by atoms with Gasteiger partial charge < -0.3 is 10.2 Å². The van der Waals surface area contributed by atoms with E-state index in [-0.39, 0.29) is 10.7 Å². The molecule has 0 bridgehead atoms. The van der Waals surface area contributed by atoms with E-state index in [4.69, 9.17) is 23.8 Å². The summed E-state index contributed by atoms with van der Waals surface area (Å²) in [5.41, 5.74) is 0.406. The van der Waals surface area contributed by atoms with Crippen LogP contribution in [0.4, 0.5) is 18.9 Å². The summed E-state index contributed by atoms with van der Waals surface area (Å²) in [6, 6.07) is 9.01. The van der Waals surface area contributed by atoms with E-state index < -0.39 is 11.7 Å². The molecule has 1 aromatic heterocycles. The van der Waals surface area contributed by atoms with E-state index in [1.54, 1.807) is 6.20 Å². The minimum absolute atomic E-state index is 0.163. The molecule has 0 radical (unpaired) electrons. The Morgan fingerprint density at radius 2 is 1.96 bits per heavy atom. The number of alkyl halides is 3. The Balaban J connectivity index is 1.61. The van der Waals surface area contributed by atoms with Gasteiger partial charge in [-0.2, -0.15) is 13.2 Å². The molecule has 0 saturated carbocycles. The van der Waals surface area contributed by atoms with E-state index >= 15 is 0 Å². The summed E-state index contributed by atoms with van der Waals surface area (Å²) in [5.74, 6) is 0. The largest absolute Gasteiger partial charge is 0.416 e. The molecule has 1 fully saturated rings. The third kappa shape index (κ3) is 5.56. The minimum atomic E-state index is -4.43. The first-order valence-corrected chi connectivity index (χ1v) is 9.66. The number of halogens is 4. The molecule has 28 heavy (non-hydrogen) atoms. The summed E-state index contributed by atoms with van der Waals surface area (Å²) in [7, 11) is 0. The van der Waals surface area contributed by atoms with Crippen molar-refractivity contribution < 1.29 is 13.2 Å². The molecular weight excluding hydrogens is 409 g/mol. The standard InChI is InChI=1S/C19H20ClF3N4S/c20-16-6-5-14(19(21,22)23)12-17(16)25-18(28)27-9-3-8-26(10-11-27)13-15-4-1-2-7-24-15/h1-2,4-7,12H,3,8-11,13H2,(H,25,28). The zero-order chi connectivity index (χ0) is 20.1. The van der Waals surface area contributed by atoms with Gasteiger partial charge in [-0.25, -0.2) is 0 Å². The lowest BCUT2D eigenvalue weighted by Crippen LogP contribution is -2.38. The van der Waals surface area contributed by atoms with Gasteiger partial charge in [0.25, 0.3) is 0 Å². The number of aromatic nitrogens is 1. The van der Waals surface area contributed by atoms with Crippen LogP contribution in [0.2, 0.25) is 5.02 Å². The monoisotopic (exact) mass is 428 g/mol. The number of thiocarbonyl (C=S) groups is 1. The minimum Gasteiger partial charge on any atom is -0.348 e. The zero-order valence-electron chi connectivity index (χ0n) is 15.0. The van der Waals surface area contributed by atoms with E-state index in [9.17, 15) is 13.2 Å². The van der Waals surface area contributed by atoms with Crippen LogP contribution in [0.1, 0.15) is 17.7 Å².